The average molecular weight is 232 g/mol. The van der Waals surface area contributed by atoms with E-state index in [0.717, 1.165) is 5.92 Å². The number of rotatable bonds is 5. The van der Waals surface area contributed by atoms with Gasteiger partial charge in [0, 0.05) is 26.2 Å². The molecule has 17 heavy (non-hydrogen) atoms. The van der Waals surface area contributed by atoms with Crippen LogP contribution < -0.4 is 5.32 Å². The van der Waals surface area contributed by atoms with Gasteiger partial charge >= 0.3 is 0 Å². The van der Waals surface area contributed by atoms with E-state index in [-0.39, 0.29) is 0 Å². The summed E-state index contributed by atoms with van der Waals surface area (Å²) in [6, 6.07) is 6.78. The number of hydrogen-bond donors (Lipinski definition) is 1. The zero-order valence-corrected chi connectivity index (χ0v) is 11.3. The van der Waals surface area contributed by atoms with Gasteiger partial charge in [-0.2, -0.15) is 0 Å². The Morgan fingerprint density at radius 3 is 2.65 bits per heavy atom. The van der Waals surface area contributed by atoms with Gasteiger partial charge < -0.3 is 10.2 Å². The number of nitrogens with zero attached hydrogens (tertiary/aromatic N) is 1. The fourth-order valence-corrected chi connectivity index (χ4v) is 2.45. The van der Waals surface area contributed by atoms with Crippen LogP contribution in [0.15, 0.2) is 18.2 Å². The number of benzene rings is 1. The van der Waals surface area contributed by atoms with Gasteiger partial charge in [-0.05, 0) is 44.4 Å². The van der Waals surface area contributed by atoms with E-state index in [4.69, 9.17) is 0 Å². The molecule has 0 atom stereocenters. The first-order valence-corrected chi connectivity index (χ1v) is 6.60. The second-order valence-electron chi connectivity index (χ2n) is 5.47. The van der Waals surface area contributed by atoms with E-state index in [1.165, 1.54) is 49.3 Å². The number of aryl methyl sites for hydroxylation is 2. The van der Waals surface area contributed by atoms with Crippen LogP contribution in [0.1, 0.15) is 16.7 Å². The molecule has 2 heteroatoms. The summed E-state index contributed by atoms with van der Waals surface area (Å²) in [5.74, 6) is 0.874. The fraction of sp³-hybridized carbons (Fsp3) is 0.600. The summed E-state index contributed by atoms with van der Waals surface area (Å²) in [5.41, 5.74) is 4.29. The highest BCUT2D eigenvalue weighted by molar-refractivity contribution is 5.30. The summed E-state index contributed by atoms with van der Waals surface area (Å²) >= 11 is 0. The highest BCUT2D eigenvalue weighted by Gasteiger charge is 2.18. The molecule has 0 amide bonds. The second-order valence-corrected chi connectivity index (χ2v) is 5.47. The minimum atomic E-state index is 0.874. The number of nitrogens with one attached hydrogen (secondary N) is 1. The first kappa shape index (κ1) is 12.6. The van der Waals surface area contributed by atoms with Gasteiger partial charge in [0.15, 0.2) is 0 Å². The third-order valence-electron chi connectivity index (χ3n) is 3.70. The van der Waals surface area contributed by atoms with Crippen molar-refractivity contribution < 1.29 is 0 Å². The molecule has 1 aliphatic rings. The summed E-state index contributed by atoms with van der Waals surface area (Å²) in [5, 5.41) is 3.33. The summed E-state index contributed by atoms with van der Waals surface area (Å²) in [7, 11) is 2.24. The van der Waals surface area contributed by atoms with Crippen LogP contribution in [-0.2, 0) is 6.42 Å². The number of likely N-dealkylation sites (N-methyl/N-ethyl adjacent to an activating group) is 1. The van der Waals surface area contributed by atoms with Gasteiger partial charge in [-0.15, -0.1) is 0 Å². The molecule has 0 radical (unpaired) electrons. The molecule has 0 spiro atoms. The molecule has 0 unspecified atom stereocenters. The van der Waals surface area contributed by atoms with E-state index in [1.807, 2.05) is 0 Å². The normalized spacial score (nSPS) is 16.2. The van der Waals surface area contributed by atoms with Crippen LogP contribution >= 0.6 is 0 Å². The molecular weight excluding hydrogens is 208 g/mol. The summed E-state index contributed by atoms with van der Waals surface area (Å²) in [6.45, 7) is 9.19. The van der Waals surface area contributed by atoms with Crippen molar-refractivity contribution >= 4 is 0 Å². The van der Waals surface area contributed by atoms with Gasteiger partial charge in [0.05, 0.1) is 0 Å². The minimum absolute atomic E-state index is 0.874. The van der Waals surface area contributed by atoms with Crippen molar-refractivity contribution in [2.75, 3.05) is 33.2 Å². The molecule has 1 N–H and O–H groups in total. The Kier molecular flexibility index (Phi) is 4.19. The van der Waals surface area contributed by atoms with E-state index in [0.29, 0.717) is 0 Å². The van der Waals surface area contributed by atoms with Crippen molar-refractivity contribution in [1.29, 1.82) is 0 Å². The SMILES string of the molecule is Cc1ccc(CCN(C)CC2CNC2)c(C)c1. The predicted molar refractivity (Wildman–Crippen MR) is 73.5 cm³/mol. The van der Waals surface area contributed by atoms with Crippen molar-refractivity contribution in [2.45, 2.75) is 20.3 Å². The van der Waals surface area contributed by atoms with Gasteiger partial charge in [-0.3, -0.25) is 0 Å². The molecule has 0 aromatic heterocycles. The van der Waals surface area contributed by atoms with Crippen molar-refractivity contribution in [3.8, 4) is 0 Å². The van der Waals surface area contributed by atoms with Crippen LogP contribution in [0.5, 0.6) is 0 Å². The molecule has 1 aliphatic heterocycles. The van der Waals surface area contributed by atoms with Crippen LogP contribution in [0.2, 0.25) is 0 Å². The Morgan fingerprint density at radius 2 is 2.06 bits per heavy atom. The van der Waals surface area contributed by atoms with E-state index >= 15 is 0 Å². The third kappa shape index (κ3) is 3.55. The molecule has 1 fully saturated rings. The smallest absolute Gasteiger partial charge is 0.00311 e. The molecule has 0 saturated carbocycles. The van der Waals surface area contributed by atoms with E-state index in [9.17, 15) is 0 Å². The van der Waals surface area contributed by atoms with E-state index in [1.54, 1.807) is 0 Å². The highest BCUT2D eigenvalue weighted by Crippen LogP contribution is 2.12. The third-order valence-corrected chi connectivity index (χ3v) is 3.70. The van der Waals surface area contributed by atoms with Gasteiger partial charge in [0.2, 0.25) is 0 Å². The van der Waals surface area contributed by atoms with Crippen LogP contribution in [0.25, 0.3) is 0 Å². The lowest BCUT2D eigenvalue weighted by Gasteiger charge is -2.31. The first-order valence-electron chi connectivity index (χ1n) is 6.60. The van der Waals surface area contributed by atoms with Crippen molar-refractivity contribution in [3.63, 3.8) is 0 Å². The standard InChI is InChI=1S/C15H24N2/c1-12-4-5-15(13(2)8-12)6-7-17(3)11-14-9-16-10-14/h4-5,8,14,16H,6-7,9-11H2,1-3H3. The van der Waals surface area contributed by atoms with Crippen LogP contribution in [0.4, 0.5) is 0 Å². The predicted octanol–water partition coefficient (Wildman–Crippen LogP) is 2.00. The lowest BCUT2D eigenvalue weighted by molar-refractivity contribution is 0.226. The molecule has 94 valence electrons. The Hall–Kier alpha value is -0.860. The largest absolute Gasteiger partial charge is 0.316 e. The Balaban J connectivity index is 1.79. The molecule has 1 aromatic carbocycles. The monoisotopic (exact) mass is 232 g/mol. The van der Waals surface area contributed by atoms with Crippen molar-refractivity contribution in [2.24, 2.45) is 5.92 Å². The molecule has 1 heterocycles. The molecule has 2 nitrogen and oxygen atoms in total. The van der Waals surface area contributed by atoms with Crippen LogP contribution in [-0.4, -0.2) is 38.1 Å². The lowest BCUT2D eigenvalue weighted by atomic mass is 10.0. The maximum absolute atomic E-state index is 3.33. The van der Waals surface area contributed by atoms with Gasteiger partial charge in [-0.1, -0.05) is 23.8 Å². The molecule has 0 aliphatic carbocycles. The maximum Gasteiger partial charge on any atom is 0.00311 e. The molecule has 2 rings (SSSR count). The van der Waals surface area contributed by atoms with Crippen LogP contribution in [0.3, 0.4) is 0 Å². The molecule has 0 bridgehead atoms. The molecule has 1 aromatic rings. The zero-order valence-electron chi connectivity index (χ0n) is 11.3. The first-order chi connectivity index (χ1) is 8.15. The van der Waals surface area contributed by atoms with E-state index in [2.05, 4.69) is 49.3 Å². The Bertz CT molecular complexity index is 369. The minimum Gasteiger partial charge on any atom is -0.316 e. The summed E-state index contributed by atoms with van der Waals surface area (Å²) in [6.07, 6.45) is 1.17. The highest BCUT2D eigenvalue weighted by atomic mass is 15.1. The second kappa shape index (κ2) is 5.65. The zero-order chi connectivity index (χ0) is 12.3. The van der Waals surface area contributed by atoms with E-state index < -0.39 is 0 Å². The summed E-state index contributed by atoms with van der Waals surface area (Å²) < 4.78 is 0. The number of hydrogen-bond acceptors (Lipinski definition) is 2. The molecule has 1 saturated heterocycles. The fourth-order valence-electron chi connectivity index (χ4n) is 2.45. The Morgan fingerprint density at radius 1 is 1.29 bits per heavy atom. The van der Waals surface area contributed by atoms with Crippen molar-refractivity contribution in [3.05, 3.63) is 34.9 Å². The quantitative estimate of drug-likeness (QED) is 0.835. The van der Waals surface area contributed by atoms with Gasteiger partial charge in [0.25, 0.3) is 0 Å². The average Bonchev–Trinajstić information content (AvgIpc) is 2.22. The van der Waals surface area contributed by atoms with Gasteiger partial charge in [-0.25, -0.2) is 0 Å². The lowest BCUT2D eigenvalue weighted by Crippen LogP contribution is -2.47. The maximum atomic E-state index is 3.33. The van der Waals surface area contributed by atoms with Crippen molar-refractivity contribution in [1.82, 2.24) is 10.2 Å². The van der Waals surface area contributed by atoms with Gasteiger partial charge in [0.1, 0.15) is 0 Å². The topological polar surface area (TPSA) is 15.3 Å². The van der Waals surface area contributed by atoms with Crippen LogP contribution in [0, 0.1) is 19.8 Å². The molecular formula is C15H24N2. The summed E-state index contributed by atoms with van der Waals surface area (Å²) in [4.78, 5) is 2.46. The Labute approximate surface area is 105 Å².